The number of methoxy groups -OCH3 is 1. The normalized spacial score (nSPS) is 34.5. The Morgan fingerprint density at radius 2 is 1.79 bits per heavy atom. The molecule has 5 rings (SSSR count). The van der Waals surface area contributed by atoms with Crippen molar-refractivity contribution in [1.82, 2.24) is 9.80 Å². The maximum Gasteiger partial charge on any atom is 0.225 e. The van der Waals surface area contributed by atoms with Crippen LogP contribution in [0, 0.1) is 11.8 Å². The number of carbonyl (C=O) groups excluding carboxylic acids is 1. The van der Waals surface area contributed by atoms with Crippen molar-refractivity contribution < 1.29 is 9.53 Å². The molecule has 4 aliphatic heterocycles. The maximum atomic E-state index is 12.8. The summed E-state index contributed by atoms with van der Waals surface area (Å²) in [4.78, 5) is 17.7. The van der Waals surface area contributed by atoms with E-state index in [-0.39, 0.29) is 5.92 Å². The molecular formula is C20H28N2O2. The van der Waals surface area contributed by atoms with E-state index in [1.165, 1.54) is 31.5 Å². The van der Waals surface area contributed by atoms with E-state index in [4.69, 9.17) is 4.74 Å². The number of rotatable bonds is 3. The minimum absolute atomic E-state index is 0.0794. The molecule has 24 heavy (non-hydrogen) atoms. The van der Waals surface area contributed by atoms with Crippen LogP contribution in [0.2, 0.25) is 0 Å². The average molecular weight is 328 g/mol. The third-order valence-corrected chi connectivity index (χ3v) is 6.32. The second kappa shape index (κ2) is 6.07. The Kier molecular flexibility index (Phi) is 4.03. The van der Waals surface area contributed by atoms with Gasteiger partial charge in [0.1, 0.15) is 5.75 Å². The fourth-order valence-corrected chi connectivity index (χ4v) is 5.15. The van der Waals surface area contributed by atoms with Gasteiger partial charge in [-0.1, -0.05) is 26.0 Å². The van der Waals surface area contributed by atoms with E-state index in [9.17, 15) is 4.79 Å². The molecule has 1 aromatic carbocycles. The van der Waals surface area contributed by atoms with Gasteiger partial charge < -0.3 is 9.64 Å². The van der Waals surface area contributed by atoms with Gasteiger partial charge in [-0.05, 0) is 49.5 Å². The fraction of sp³-hybridized carbons (Fsp3) is 0.650. The monoisotopic (exact) mass is 328 g/mol. The number of nitrogens with zero attached hydrogens (tertiary/aromatic N) is 2. The molecule has 2 bridgehead atoms. The van der Waals surface area contributed by atoms with E-state index in [1.54, 1.807) is 7.11 Å². The van der Waals surface area contributed by atoms with Gasteiger partial charge in [0.05, 0.1) is 13.2 Å². The van der Waals surface area contributed by atoms with Crippen molar-refractivity contribution in [3.63, 3.8) is 0 Å². The van der Waals surface area contributed by atoms with Crippen LogP contribution in [0.3, 0.4) is 0 Å². The van der Waals surface area contributed by atoms with Gasteiger partial charge >= 0.3 is 0 Å². The van der Waals surface area contributed by atoms with Crippen LogP contribution < -0.4 is 4.74 Å². The van der Waals surface area contributed by atoms with E-state index in [2.05, 4.69) is 21.9 Å². The first-order valence-corrected chi connectivity index (χ1v) is 9.28. The quantitative estimate of drug-likeness (QED) is 0.855. The summed E-state index contributed by atoms with van der Waals surface area (Å²) in [5.74, 6) is 2.41. The molecule has 4 saturated heterocycles. The average Bonchev–Trinajstić information content (AvgIpc) is 3.04. The Balaban J connectivity index is 1.68. The topological polar surface area (TPSA) is 32.8 Å². The zero-order valence-corrected chi connectivity index (χ0v) is 14.9. The number of benzene rings is 1. The molecule has 4 nitrogen and oxygen atoms in total. The van der Waals surface area contributed by atoms with Crippen molar-refractivity contribution in [3.8, 4) is 5.75 Å². The molecule has 0 N–H and O–H groups in total. The minimum atomic E-state index is 0.0794. The van der Waals surface area contributed by atoms with Crippen LogP contribution in [0.25, 0.3) is 0 Å². The first-order valence-electron chi connectivity index (χ1n) is 9.28. The molecule has 4 heterocycles. The van der Waals surface area contributed by atoms with E-state index in [1.807, 2.05) is 26.0 Å². The molecule has 0 aliphatic carbocycles. The third kappa shape index (κ3) is 2.43. The summed E-state index contributed by atoms with van der Waals surface area (Å²) in [5.41, 5.74) is 1.34. The summed E-state index contributed by atoms with van der Waals surface area (Å²) >= 11 is 0. The number of hydrogen-bond acceptors (Lipinski definition) is 3. The number of carbonyl (C=O) groups is 1. The summed E-state index contributed by atoms with van der Waals surface area (Å²) < 4.78 is 5.30. The van der Waals surface area contributed by atoms with Gasteiger partial charge in [-0.15, -0.1) is 0 Å². The number of fused-ring (bicyclic) bond motifs is 2. The summed E-state index contributed by atoms with van der Waals surface area (Å²) in [7, 11) is 1.70. The summed E-state index contributed by atoms with van der Waals surface area (Å²) in [6, 6.07) is 9.38. The van der Waals surface area contributed by atoms with Crippen molar-refractivity contribution in [2.45, 2.75) is 44.7 Å². The maximum absolute atomic E-state index is 12.8. The van der Waals surface area contributed by atoms with Gasteiger partial charge in [0.2, 0.25) is 5.91 Å². The SMILES string of the molecule is COc1ccc([C@H]2CN(C(=O)C(C)C)[C@H]3C4CCN(CC4)[C@@H]23)cc1. The van der Waals surface area contributed by atoms with Crippen molar-refractivity contribution >= 4 is 5.91 Å². The Labute approximate surface area is 144 Å². The molecule has 4 aliphatic rings. The molecule has 0 aromatic heterocycles. The van der Waals surface area contributed by atoms with Crippen LogP contribution in [0.5, 0.6) is 5.75 Å². The van der Waals surface area contributed by atoms with Crippen LogP contribution in [0.4, 0.5) is 0 Å². The molecule has 1 aromatic rings. The van der Waals surface area contributed by atoms with E-state index in [0.29, 0.717) is 29.8 Å². The second-order valence-electron chi connectivity index (χ2n) is 7.88. The lowest BCUT2D eigenvalue weighted by molar-refractivity contribution is -0.139. The van der Waals surface area contributed by atoms with E-state index in [0.717, 1.165) is 12.3 Å². The van der Waals surface area contributed by atoms with Crippen molar-refractivity contribution in [2.24, 2.45) is 11.8 Å². The largest absolute Gasteiger partial charge is 0.497 e. The summed E-state index contributed by atoms with van der Waals surface area (Å²) in [5, 5.41) is 0. The van der Waals surface area contributed by atoms with Gasteiger partial charge in [0.15, 0.2) is 0 Å². The van der Waals surface area contributed by atoms with E-state index < -0.39 is 0 Å². The molecule has 1 amide bonds. The number of hydrogen-bond donors (Lipinski definition) is 0. The number of likely N-dealkylation sites (tertiary alicyclic amines) is 1. The van der Waals surface area contributed by atoms with E-state index >= 15 is 0 Å². The molecule has 0 saturated carbocycles. The summed E-state index contributed by atoms with van der Waals surface area (Å²) in [6.45, 7) is 7.31. The predicted molar refractivity (Wildman–Crippen MR) is 94.2 cm³/mol. The highest BCUT2D eigenvalue weighted by Gasteiger charge is 2.54. The predicted octanol–water partition coefficient (Wildman–Crippen LogP) is 2.74. The highest BCUT2D eigenvalue weighted by atomic mass is 16.5. The highest BCUT2D eigenvalue weighted by Crippen LogP contribution is 2.47. The van der Waals surface area contributed by atoms with Crippen LogP contribution in [0.15, 0.2) is 24.3 Å². The minimum Gasteiger partial charge on any atom is -0.497 e. The zero-order valence-electron chi connectivity index (χ0n) is 14.9. The molecule has 0 radical (unpaired) electrons. The molecule has 0 unspecified atom stereocenters. The van der Waals surface area contributed by atoms with Crippen molar-refractivity contribution in [3.05, 3.63) is 29.8 Å². The molecular weight excluding hydrogens is 300 g/mol. The van der Waals surface area contributed by atoms with Gasteiger partial charge in [0, 0.05) is 24.4 Å². The Bertz CT molecular complexity index is 605. The van der Waals surface area contributed by atoms with Crippen LogP contribution in [0.1, 0.15) is 38.2 Å². The fourth-order valence-electron chi connectivity index (χ4n) is 5.15. The smallest absolute Gasteiger partial charge is 0.225 e. The Hall–Kier alpha value is -1.55. The van der Waals surface area contributed by atoms with Gasteiger partial charge in [-0.2, -0.15) is 0 Å². The van der Waals surface area contributed by atoms with Gasteiger partial charge in [0.25, 0.3) is 0 Å². The number of amides is 1. The second-order valence-corrected chi connectivity index (χ2v) is 7.88. The lowest BCUT2D eigenvalue weighted by atomic mass is 9.75. The third-order valence-electron chi connectivity index (χ3n) is 6.32. The van der Waals surface area contributed by atoms with Crippen molar-refractivity contribution in [2.75, 3.05) is 26.7 Å². The Morgan fingerprint density at radius 1 is 1.12 bits per heavy atom. The first-order chi connectivity index (χ1) is 11.6. The molecule has 130 valence electrons. The molecule has 3 atom stereocenters. The highest BCUT2D eigenvalue weighted by molar-refractivity contribution is 5.79. The lowest BCUT2D eigenvalue weighted by Gasteiger charge is -2.51. The van der Waals surface area contributed by atoms with Gasteiger partial charge in [-0.25, -0.2) is 0 Å². The van der Waals surface area contributed by atoms with Gasteiger partial charge in [-0.3, -0.25) is 9.69 Å². The molecule has 4 fully saturated rings. The Morgan fingerprint density at radius 3 is 2.38 bits per heavy atom. The lowest BCUT2D eigenvalue weighted by Crippen LogP contribution is -2.61. The van der Waals surface area contributed by atoms with Crippen LogP contribution >= 0.6 is 0 Å². The number of ether oxygens (including phenoxy) is 1. The first kappa shape index (κ1) is 15.9. The molecule has 0 spiro atoms. The van der Waals surface area contributed by atoms with Crippen LogP contribution in [-0.4, -0.2) is 54.5 Å². The van der Waals surface area contributed by atoms with Crippen molar-refractivity contribution in [1.29, 1.82) is 0 Å². The molecule has 4 heteroatoms. The zero-order chi connectivity index (χ0) is 16.8. The van der Waals surface area contributed by atoms with Crippen LogP contribution in [-0.2, 0) is 4.79 Å². The standard InChI is InChI=1S/C20H28N2O2/c1-13(2)20(23)22-12-17(14-4-6-16(24-3)7-5-14)19-18(22)15-8-10-21(19)11-9-15/h4-7,13,15,17-19H,8-12H2,1-3H3/t17-,18+,19+/m1/s1. The number of piperidine rings is 3. The summed E-state index contributed by atoms with van der Waals surface area (Å²) in [6.07, 6.45) is 2.50.